The molecule has 1 aliphatic heterocycles. The van der Waals surface area contributed by atoms with Gasteiger partial charge in [-0.05, 0) is 6.92 Å². The third-order valence-electron chi connectivity index (χ3n) is 1.48. The van der Waals surface area contributed by atoms with E-state index in [9.17, 15) is 0 Å². The van der Waals surface area contributed by atoms with Crippen molar-refractivity contribution in [2.45, 2.75) is 19.1 Å². The SMILES string of the molecule is C[C@@H]1CO[C@@H](CO)CN1.Cl. The van der Waals surface area contributed by atoms with Crippen LogP contribution in [-0.4, -0.2) is 37.0 Å². The second-order valence-electron chi connectivity index (χ2n) is 2.45. The molecule has 0 aromatic rings. The molecule has 0 spiro atoms. The fourth-order valence-electron chi connectivity index (χ4n) is 0.848. The topological polar surface area (TPSA) is 41.5 Å². The molecule has 0 saturated carbocycles. The van der Waals surface area contributed by atoms with E-state index in [4.69, 9.17) is 9.84 Å². The molecule has 1 aliphatic rings. The van der Waals surface area contributed by atoms with E-state index >= 15 is 0 Å². The molecule has 1 saturated heterocycles. The first kappa shape index (κ1) is 10.2. The molecule has 0 amide bonds. The summed E-state index contributed by atoms with van der Waals surface area (Å²) < 4.78 is 5.23. The van der Waals surface area contributed by atoms with E-state index in [0.29, 0.717) is 12.6 Å². The van der Waals surface area contributed by atoms with Gasteiger partial charge < -0.3 is 15.2 Å². The fraction of sp³-hybridized carbons (Fsp3) is 1.00. The van der Waals surface area contributed by atoms with Gasteiger partial charge in [0.2, 0.25) is 0 Å². The normalized spacial score (nSPS) is 33.0. The lowest BCUT2D eigenvalue weighted by Gasteiger charge is -2.26. The van der Waals surface area contributed by atoms with Crippen LogP contribution in [0.5, 0.6) is 0 Å². The van der Waals surface area contributed by atoms with Crippen LogP contribution in [0.25, 0.3) is 0 Å². The lowest BCUT2D eigenvalue weighted by molar-refractivity contribution is -0.0222. The van der Waals surface area contributed by atoms with Gasteiger partial charge in [-0.3, -0.25) is 0 Å². The van der Waals surface area contributed by atoms with Gasteiger partial charge in [0.15, 0.2) is 0 Å². The Hall–Kier alpha value is 0.170. The summed E-state index contributed by atoms with van der Waals surface area (Å²) in [5.74, 6) is 0. The highest BCUT2D eigenvalue weighted by Gasteiger charge is 2.15. The van der Waals surface area contributed by atoms with Crippen LogP contribution in [0.3, 0.4) is 0 Å². The highest BCUT2D eigenvalue weighted by atomic mass is 35.5. The molecule has 62 valence electrons. The monoisotopic (exact) mass is 167 g/mol. The fourth-order valence-corrected chi connectivity index (χ4v) is 0.848. The van der Waals surface area contributed by atoms with E-state index in [-0.39, 0.29) is 25.1 Å². The molecule has 0 aromatic heterocycles. The van der Waals surface area contributed by atoms with Gasteiger partial charge in [0.25, 0.3) is 0 Å². The predicted molar refractivity (Wildman–Crippen MR) is 41.5 cm³/mol. The van der Waals surface area contributed by atoms with Crippen molar-refractivity contribution >= 4 is 12.4 Å². The molecule has 0 aromatic carbocycles. The Morgan fingerprint density at radius 1 is 1.70 bits per heavy atom. The zero-order valence-electron chi connectivity index (χ0n) is 6.04. The van der Waals surface area contributed by atoms with E-state index < -0.39 is 0 Å². The average Bonchev–Trinajstić information content (AvgIpc) is 1.90. The molecule has 0 aliphatic carbocycles. The molecular formula is C6H14ClNO2. The van der Waals surface area contributed by atoms with E-state index in [2.05, 4.69) is 12.2 Å². The quantitative estimate of drug-likeness (QED) is 0.568. The maximum Gasteiger partial charge on any atom is 0.0930 e. The lowest BCUT2D eigenvalue weighted by atomic mass is 10.2. The summed E-state index contributed by atoms with van der Waals surface area (Å²) in [6, 6.07) is 0.438. The van der Waals surface area contributed by atoms with Crippen molar-refractivity contribution in [2.24, 2.45) is 0 Å². The van der Waals surface area contributed by atoms with Gasteiger partial charge in [-0.15, -0.1) is 12.4 Å². The summed E-state index contributed by atoms with van der Waals surface area (Å²) in [5.41, 5.74) is 0. The molecule has 2 atom stereocenters. The number of morpholine rings is 1. The maximum atomic E-state index is 8.61. The number of halogens is 1. The number of ether oxygens (including phenoxy) is 1. The Balaban J connectivity index is 0.000000810. The van der Waals surface area contributed by atoms with Crippen LogP contribution >= 0.6 is 12.4 Å². The Morgan fingerprint density at radius 3 is 2.80 bits per heavy atom. The van der Waals surface area contributed by atoms with Crippen molar-refractivity contribution in [1.82, 2.24) is 5.32 Å². The van der Waals surface area contributed by atoms with Crippen LogP contribution in [-0.2, 0) is 4.74 Å². The largest absolute Gasteiger partial charge is 0.394 e. The molecule has 0 radical (unpaired) electrons. The summed E-state index contributed by atoms with van der Waals surface area (Å²) in [6.45, 7) is 3.68. The number of nitrogens with one attached hydrogen (secondary N) is 1. The number of hydrogen-bond donors (Lipinski definition) is 2. The summed E-state index contributed by atoms with van der Waals surface area (Å²) in [7, 11) is 0. The van der Waals surface area contributed by atoms with Gasteiger partial charge in [-0.25, -0.2) is 0 Å². The Morgan fingerprint density at radius 2 is 2.40 bits per heavy atom. The lowest BCUT2D eigenvalue weighted by Crippen LogP contribution is -2.46. The minimum Gasteiger partial charge on any atom is -0.394 e. The average molecular weight is 168 g/mol. The van der Waals surface area contributed by atoms with E-state index in [1.165, 1.54) is 0 Å². The predicted octanol–water partition coefficient (Wildman–Crippen LogP) is -0.223. The van der Waals surface area contributed by atoms with E-state index in [1.807, 2.05) is 0 Å². The maximum absolute atomic E-state index is 8.61. The van der Waals surface area contributed by atoms with E-state index in [1.54, 1.807) is 0 Å². The Labute approximate surface area is 67.2 Å². The van der Waals surface area contributed by atoms with Crippen molar-refractivity contribution < 1.29 is 9.84 Å². The first-order valence-electron chi connectivity index (χ1n) is 3.28. The molecule has 3 nitrogen and oxygen atoms in total. The van der Waals surface area contributed by atoms with Gasteiger partial charge in [-0.2, -0.15) is 0 Å². The molecule has 1 heterocycles. The van der Waals surface area contributed by atoms with Crippen molar-refractivity contribution in [3.63, 3.8) is 0 Å². The molecular weight excluding hydrogens is 154 g/mol. The second kappa shape index (κ2) is 4.91. The molecule has 0 unspecified atom stereocenters. The van der Waals surface area contributed by atoms with Crippen LogP contribution < -0.4 is 5.32 Å². The first-order valence-corrected chi connectivity index (χ1v) is 3.28. The zero-order valence-corrected chi connectivity index (χ0v) is 6.86. The number of aliphatic hydroxyl groups is 1. The third kappa shape index (κ3) is 2.84. The van der Waals surface area contributed by atoms with Crippen molar-refractivity contribution in [3.05, 3.63) is 0 Å². The van der Waals surface area contributed by atoms with Crippen LogP contribution in [0.4, 0.5) is 0 Å². The van der Waals surface area contributed by atoms with Crippen LogP contribution in [0.2, 0.25) is 0 Å². The summed E-state index contributed by atoms with van der Waals surface area (Å²) in [5, 5.41) is 11.8. The van der Waals surface area contributed by atoms with Crippen LogP contribution in [0.15, 0.2) is 0 Å². The van der Waals surface area contributed by atoms with Gasteiger partial charge >= 0.3 is 0 Å². The van der Waals surface area contributed by atoms with Crippen LogP contribution in [0.1, 0.15) is 6.92 Å². The zero-order chi connectivity index (χ0) is 6.69. The highest BCUT2D eigenvalue weighted by Crippen LogP contribution is 1.98. The van der Waals surface area contributed by atoms with Gasteiger partial charge in [0, 0.05) is 12.6 Å². The molecule has 10 heavy (non-hydrogen) atoms. The van der Waals surface area contributed by atoms with Gasteiger partial charge in [-0.1, -0.05) is 0 Å². The van der Waals surface area contributed by atoms with Crippen molar-refractivity contribution in [2.75, 3.05) is 19.8 Å². The van der Waals surface area contributed by atoms with Gasteiger partial charge in [0.05, 0.1) is 19.3 Å². The van der Waals surface area contributed by atoms with Crippen molar-refractivity contribution in [1.29, 1.82) is 0 Å². The smallest absolute Gasteiger partial charge is 0.0930 e. The Bertz CT molecular complexity index is 83.8. The minimum atomic E-state index is 0. The number of aliphatic hydroxyl groups excluding tert-OH is 1. The second-order valence-corrected chi connectivity index (χ2v) is 2.45. The molecule has 0 bridgehead atoms. The summed E-state index contributed by atoms with van der Waals surface area (Å²) >= 11 is 0. The molecule has 2 N–H and O–H groups in total. The molecule has 4 heteroatoms. The summed E-state index contributed by atoms with van der Waals surface area (Å²) in [4.78, 5) is 0. The number of hydrogen-bond acceptors (Lipinski definition) is 3. The van der Waals surface area contributed by atoms with Crippen LogP contribution in [0, 0.1) is 0 Å². The highest BCUT2D eigenvalue weighted by molar-refractivity contribution is 5.85. The Kier molecular flexibility index (Phi) is 4.99. The third-order valence-corrected chi connectivity index (χ3v) is 1.48. The van der Waals surface area contributed by atoms with Crippen molar-refractivity contribution in [3.8, 4) is 0 Å². The number of rotatable bonds is 1. The molecule has 1 fully saturated rings. The van der Waals surface area contributed by atoms with E-state index in [0.717, 1.165) is 6.54 Å². The van der Waals surface area contributed by atoms with Gasteiger partial charge in [0.1, 0.15) is 0 Å². The first-order chi connectivity index (χ1) is 4.33. The minimum absolute atomic E-state index is 0. The molecule has 1 rings (SSSR count). The summed E-state index contributed by atoms with van der Waals surface area (Å²) in [6.07, 6.45) is 0.0150. The standard InChI is InChI=1S/C6H13NO2.ClH/c1-5-4-9-6(3-8)2-7-5;/h5-8H,2-4H2,1H3;1H/t5-,6-;/m1./s1.